The molecule has 0 spiro atoms. The Hall–Kier alpha value is -1.96. The SMILES string of the molecule is CC(C)(C)c1c(O)ccc(C(C)(C)c2ccc(O)c(C(C)(C)C)c2C(C)(C)C)c1C(C)(C)C. The number of hydrogen-bond donors (Lipinski definition) is 2. The zero-order valence-corrected chi connectivity index (χ0v) is 23.7. The molecule has 0 atom stereocenters. The van der Waals surface area contributed by atoms with Crippen molar-refractivity contribution in [2.75, 3.05) is 0 Å². The lowest BCUT2D eigenvalue weighted by Crippen LogP contribution is -2.33. The summed E-state index contributed by atoms with van der Waals surface area (Å²) in [7, 11) is 0. The maximum absolute atomic E-state index is 11.0. The van der Waals surface area contributed by atoms with E-state index >= 15 is 0 Å². The third-order valence-corrected chi connectivity index (χ3v) is 6.71. The summed E-state index contributed by atoms with van der Waals surface area (Å²) >= 11 is 0. The predicted octanol–water partition coefficient (Wildman–Crippen LogP) is 8.61. The highest BCUT2D eigenvalue weighted by Crippen LogP contribution is 2.50. The molecule has 0 aromatic heterocycles. The number of phenols is 2. The fourth-order valence-corrected chi connectivity index (χ4v) is 5.45. The highest BCUT2D eigenvalue weighted by molar-refractivity contribution is 5.60. The minimum Gasteiger partial charge on any atom is -0.508 e. The summed E-state index contributed by atoms with van der Waals surface area (Å²) in [6.45, 7) is 31.0. The molecule has 0 radical (unpaired) electrons. The van der Waals surface area contributed by atoms with Gasteiger partial charge in [0.05, 0.1) is 0 Å². The number of aromatic hydroxyl groups is 2. The van der Waals surface area contributed by atoms with E-state index in [-0.39, 0.29) is 27.1 Å². The predicted molar refractivity (Wildman–Crippen MR) is 143 cm³/mol. The monoisotopic (exact) mass is 452 g/mol. The van der Waals surface area contributed by atoms with Gasteiger partial charge in [-0.15, -0.1) is 0 Å². The highest BCUT2D eigenvalue weighted by Gasteiger charge is 2.40. The summed E-state index contributed by atoms with van der Waals surface area (Å²) in [6, 6.07) is 7.96. The first kappa shape index (κ1) is 27.3. The van der Waals surface area contributed by atoms with Crippen molar-refractivity contribution in [2.24, 2.45) is 0 Å². The minimum atomic E-state index is -0.341. The first-order valence-electron chi connectivity index (χ1n) is 12.3. The molecule has 0 aliphatic rings. The fourth-order valence-electron chi connectivity index (χ4n) is 5.45. The van der Waals surface area contributed by atoms with Crippen LogP contribution in [0.4, 0.5) is 0 Å². The lowest BCUT2D eigenvalue weighted by molar-refractivity contribution is 0.425. The molecule has 0 amide bonds. The van der Waals surface area contributed by atoms with E-state index < -0.39 is 0 Å². The van der Waals surface area contributed by atoms with E-state index in [1.807, 2.05) is 12.1 Å². The molecule has 2 aromatic carbocycles. The van der Waals surface area contributed by atoms with Gasteiger partial charge in [-0.05, 0) is 56.0 Å². The maximum Gasteiger partial charge on any atom is 0.119 e. The second-order valence-corrected chi connectivity index (χ2v) is 14.4. The molecular formula is C31H48O2. The topological polar surface area (TPSA) is 40.5 Å². The zero-order valence-electron chi connectivity index (χ0n) is 23.7. The zero-order chi connectivity index (χ0) is 25.9. The minimum absolute atomic E-state index is 0.153. The van der Waals surface area contributed by atoms with Crippen LogP contribution in [0.5, 0.6) is 11.5 Å². The van der Waals surface area contributed by atoms with E-state index in [0.717, 1.165) is 11.1 Å². The Bertz CT molecular complexity index is 944. The Kier molecular flexibility index (Phi) is 6.67. The summed E-state index contributed by atoms with van der Waals surface area (Å²) in [6.07, 6.45) is 0. The van der Waals surface area contributed by atoms with Crippen molar-refractivity contribution in [1.82, 2.24) is 0 Å². The van der Waals surface area contributed by atoms with Crippen LogP contribution in [-0.2, 0) is 27.1 Å². The van der Waals surface area contributed by atoms with Gasteiger partial charge in [-0.3, -0.25) is 0 Å². The molecule has 0 unspecified atom stereocenters. The van der Waals surface area contributed by atoms with Crippen molar-refractivity contribution in [1.29, 1.82) is 0 Å². The quantitative estimate of drug-likeness (QED) is 0.479. The van der Waals surface area contributed by atoms with Crippen LogP contribution in [0.1, 0.15) is 130 Å². The average Bonchev–Trinajstić information content (AvgIpc) is 2.56. The normalized spacial score (nSPS) is 14.0. The third-order valence-electron chi connectivity index (χ3n) is 6.71. The van der Waals surface area contributed by atoms with Crippen molar-refractivity contribution >= 4 is 0 Å². The van der Waals surface area contributed by atoms with Gasteiger partial charge in [0, 0.05) is 16.5 Å². The van der Waals surface area contributed by atoms with E-state index in [1.54, 1.807) is 0 Å². The van der Waals surface area contributed by atoms with Crippen molar-refractivity contribution in [3.8, 4) is 11.5 Å². The van der Waals surface area contributed by atoms with Crippen LogP contribution in [0.15, 0.2) is 24.3 Å². The smallest absolute Gasteiger partial charge is 0.119 e. The molecule has 0 fully saturated rings. The van der Waals surface area contributed by atoms with E-state index in [9.17, 15) is 10.2 Å². The Morgan fingerprint density at radius 2 is 0.636 bits per heavy atom. The molecule has 2 N–H and O–H groups in total. The van der Waals surface area contributed by atoms with Gasteiger partial charge in [-0.2, -0.15) is 0 Å². The molecule has 2 aromatic rings. The Balaban J connectivity index is 3.10. The van der Waals surface area contributed by atoms with Crippen LogP contribution in [0, 0.1) is 0 Å². The maximum atomic E-state index is 11.0. The van der Waals surface area contributed by atoms with Gasteiger partial charge in [-0.25, -0.2) is 0 Å². The Morgan fingerprint density at radius 3 is 0.848 bits per heavy atom. The van der Waals surface area contributed by atoms with Crippen molar-refractivity contribution in [3.63, 3.8) is 0 Å². The molecular weight excluding hydrogens is 404 g/mol. The van der Waals surface area contributed by atoms with E-state index in [1.165, 1.54) is 22.3 Å². The van der Waals surface area contributed by atoms with Crippen LogP contribution in [0.2, 0.25) is 0 Å². The first-order chi connectivity index (χ1) is 14.5. The number of benzene rings is 2. The number of phenolic OH excluding ortho intramolecular Hbond substituents is 2. The molecule has 0 aliphatic carbocycles. The van der Waals surface area contributed by atoms with Crippen LogP contribution < -0.4 is 0 Å². The summed E-state index contributed by atoms with van der Waals surface area (Å²) in [5.74, 6) is 0.730. The number of hydrogen-bond acceptors (Lipinski definition) is 2. The molecule has 184 valence electrons. The summed E-state index contributed by atoms with van der Waals surface area (Å²) < 4.78 is 0. The molecule has 0 aliphatic heterocycles. The van der Waals surface area contributed by atoms with Crippen LogP contribution in [0.3, 0.4) is 0 Å². The molecule has 2 heteroatoms. The lowest BCUT2D eigenvalue weighted by Gasteiger charge is -2.41. The van der Waals surface area contributed by atoms with Gasteiger partial charge in [0.15, 0.2) is 0 Å². The average molecular weight is 453 g/mol. The Labute approximate surface area is 203 Å². The van der Waals surface area contributed by atoms with Crippen LogP contribution in [-0.4, -0.2) is 10.2 Å². The standard InChI is InChI=1S/C31H48O2/c1-27(2,3)23-19(15-17-21(32)25(23)29(7,8)9)31(13,14)20-16-18-22(33)26(30(10,11)12)24(20)28(4,5)6/h15-18,32-33H,1-14H3. The summed E-state index contributed by atoms with van der Waals surface area (Å²) in [5, 5.41) is 22.0. The van der Waals surface area contributed by atoms with E-state index in [4.69, 9.17) is 0 Å². The van der Waals surface area contributed by atoms with Gasteiger partial charge < -0.3 is 10.2 Å². The van der Waals surface area contributed by atoms with E-state index in [2.05, 4.69) is 109 Å². The molecule has 0 bridgehead atoms. The molecule has 0 heterocycles. The van der Waals surface area contributed by atoms with Crippen LogP contribution >= 0.6 is 0 Å². The van der Waals surface area contributed by atoms with Crippen LogP contribution in [0.25, 0.3) is 0 Å². The Morgan fingerprint density at radius 1 is 0.394 bits per heavy atom. The van der Waals surface area contributed by atoms with Gasteiger partial charge in [0.2, 0.25) is 0 Å². The molecule has 0 saturated carbocycles. The second kappa shape index (κ2) is 8.07. The molecule has 0 saturated heterocycles. The highest BCUT2D eigenvalue weighted by atomic mass is 16.3. The van der Waals surface area contributed by atoms with Gasteiger partial charge in [-0.1, -0.05) is 109 Å². The van der Waals surface area contributed by atoms with Gasteiger partial charge in [0.1, 0.15) is 11.5 Å². The van der Waals surface area contributed by atoms with Crippen molar-refractivity contribution < 1.29 is 10.2 Å². The summed E-state index contributed by atoms with van der Waals surface area (Å²) in [5.41, 5.74) is 5.89. The third kappa shape index (κ3) is 5.10. The van der Waals surface area contributed by atoms with E-state index in [0.29, 0.717) is 11.5 Å². The largest absolute Gasteiger partial charge is 0.508 e. The molecule has 33 heavy (non-hydrogen) atoms. The molecule has 2 nitrogen and oxygen atoms in total. The number of rotatable bonds is 2. The lowest BCUT2D eigenvalue weighted by atomic mass is 9.62. The second-order valence-electron chi connectivity index (χ2n) is 14.4. The van der Waals surface area contributed by atoms with Crippen molar-refractivity contribution in [2.45, 2.75) is 124 Å². The van der Waals surface area contributed by atoms with Crippen molar-refractivity contribution in [3.05, 3.63) is 57.6 Å². The first-order valence-corrected chi connectivity index (χ1v) is 12.3. The summed E-state index contributed by atoms with van der Waals surface area (Å²) in [4.78, 5) is 0. The van der Waals surface area contributed by atoms with Gasteiger partial charge >= 0.3 is 0 Å². The van der Waals surface area contributed by atoms with Gasteiger partial charge in [0.25, 0.3) is 0 Å². The fraction of sp³-hybridized carbons (Fsp3) is 0.613. The molecule has 2 rings (SSSR count).